The fourth-order valence-electron chi connectivity index (χ4n) is 5.56. The monoisotopic (exact) mass is 649 g/mol. The number of aromatic nitrogens is 1. The van der Waals surface area contributed by atoms with Crippen molar-refractivity contribution in [2.24, 2.45) is 5.16 Å². The van der Waals surface area contributed by atoms with E-state index in [1.54, 1.807) is 28.8 Å². The lowest BCUT2D eigenvalue weighted by atomic mass is 9.77. The van der Waals surface area contributed by atoms with Crippen molar-refractivity contribution in [1.82, 2.24) is 9.72 Å². The van der Waals surface area contributed by atoms with E-state index in [0.717, 1.165) is 23.3 Å². The molecule has 0 aliphatic carbocycles. The molecule has 43 heavy (non-hydrogen) atoms. The zero-order valence-electron chi connectivity index (χ0n) is 22.6. The largest absolute Gasteiger partial charge is 0.492 e. The van der Waals surface area contributed by atoms with Crippen LogP contribution in [0.15, 0.2) is 65.9 Å². The molecule has 2 aliphatic rings. The SMILES string of the molecule is CC1(C)OB(O)c2cc(CNC(=O)c3ccc(C4=NO[C@@](c5cc(Cl)c(Cl)c(Cl)c5)(C(F)(F)F)C4)c4cccn34)ccc21. The fourth-order valence-corrected chi connectivity index (χ4v) is 6.15. The maximum Gasteiger partial charge on any atom is 0.492 e. The number of carbonyl (C=O) groups excluding carboxylic acids is 1. The van der Waals surface area contributed by atoms with Crippen LogP contribution in [0.2, 0.25) is 15.1 Å². The minimum Gasteiger partial charge on any atom is -0.423 e. The van der Waals surface area contributed by atoms with Crippen molar-refractivity contribution >= 4 is 64.5 Å². The normalized spacial score (nSPS) is 19.4. The van der Waals surface area contributed by atoms with Gasteiger partial charge in [0, 0.05) is 23.9 Å². The average Bonchev–Trinajstić information content (AvgIpc) is 3.66. The average molecular weight is 651 g/mol. The second-order valence-corrected chi connectivity index (χ2v) is 12.1. The Bertz CT molecular complexity index is 1800. The molecular weight excluding hydrogens is 629 g/mol. The highest BCUT2D eigenvalue weighted by Crippen LogP contribution is 2.51. The van der Waals surface area contributed by atoms with E-state index in [9.17, 15) is 23.0 Å². The third-order valence-electron chi connectivity index (χ3n) is 7.76. The summed E-state index contributed by atoms with van der Waals surface area (Å²) in [6.07, 6.45) is -3.92. The van der Waals surface area contributed by atoms with Gasteiger partial charge in [0.25, 0.3) is 11.5 Å². The predicted molar refractivity (Wildman–Crippen MR) is 158 cm³/mol. The van der Waals surface area contributed by atoms with E-state index >= 15 is 0 Å². The van der Waals surface area contributed by atoms with E-state index in [2.05, 4.69) is 10.5 Å². The smallest absolute Gasteiger partial charge is 0.423 e. The van der Waals surface area contributed by atoms with Gasteiger partial charge in [-0.05, 0) is 66.8 Å². The van der Waals surface area contributed by atoms with E-state index in [1.807, 2.05) is 26.0 Å². The number of pyridine rings is 1. The minimum absolute atomic E-state index is 0.0250. The highest BCUT2D eigenvalue weighted by atomic mass is 35.5. The molecule has 6 rings (SSSR count). The Labute approximate surface area is 259 Å². The van der Waals surface area contributed by atoms with E-state index in [4.69, 9.17) is 44.3 Å². The topological polar surface area (TPSA) is 84.6 Å². The van der Waals surface area contributed by atoms with Crippen molar-refractivity contribution in [3.05, 3.63) is 104 Å². The third-order valence-corrected chi connectivity index (χ3v) is 8.96. The van der Waals surface area contributed by atoms with Crippen molar-refractivity contribution in [2.45, 2.75) is 44.2 Å². The van der Waals surface area contributed by atoms with Crippen molar-refractivity contribution in [3.63, 3.8) is 0 Å². The van der Waals surface area contributed by atoms with Gasteiger partial charge in [0.2, 0.25) is 0 Å². The summed E-state index contributed by atoms with van der Waals surface area (Å²) in [6, 6.07) is 14.0. The molecule has 2 aromatic carbocycles. The van der Waals surface area contributed by atoms with Crippen LogP contribution in [-0.2, 0) is 27.2 Å². The summed E-state index contributed by atoms with van der Waals surface area (Å²) in [4.78, 5) is 18.4. The van der Waals surface area contributed by atoms with Crippen LogP contribution < -0.4 is 10.8 Å². The molecule has 0 unspecified atom stereocenters. The Morgan fingerprint density at radius 2 is 1.84 bits per heavy atom. The molecular formula is C29H22BCl3F3N3O4. The van der Waals surface area contributed by atoms with Gasteiger partial charge in [-0.25, -0.2) is 0 Å². The van der Waals surface area contributed by atoms with Crippen LogP contribution in [0, 0.1) is 0 Å². The molecule has 1 atom stereocenters. The molecule has 0 radical (unpaired) electrons. The Morgan fingerprint density at radius 1 is 1.12 bits per heavy atom. The Morgan fingerprint density at radius 3 is 2.53 bits per heavy atom. The number of hydrogen-bond donors (Lipinski definition) is 2. The first-order valence-corrected chi connectivity index (χ1v) is 14.2. The first-order chi connectivity index (χ1) is 20.2. The number of fused-ring (bicyclic) bond motifs is 2. The molecule has 4 heterocycles. The lowest BCUT2D eigenvalue weighted by Gasteiger charge is -2.30. The maximum absolute atomic E-state index is 14.5. The molecule has 2 aliphatic heterocycles. The van der Waals surface area contributed by atoms with Gasteiger partial charge in [0.05, 0.1) is 38.3 Å². The van der Waals surface area contributed by atoms with Crippen LogP contribution in [0.4, 0.5) is 13.2 Å². The lowest BCUT2D eigenvalue weighted by Crippen LogP contribution is -2.42. The summed E-state index contributed by atoms with van der Waals surface area (Å²) in [5.74, 6) is -0.412. The van der Waals surface area contributed by atoms with E-state index in [1.165, 1.54) is 12.1 Å². The molecule has 2 aromatic heterocycles. The van der Waals surface area contributed by atoms with Gasteiger partial charge in [-0.15, -0.1) is 0 Å². The van der Waals surface area contributed by atoms with Crippen LogP contribution in [0.25, 0.3) is 5.52 Å². The number of halogens is 6. The van der Waals surface area contributed by atoms with Crippen LogP contribution in [0.1, 0.15) is 53.0 Å². The van der Waals surface area contributed by atoms with Crippen molar-refractivity contribution < 1.29 is 32.5 Å². The second kappa shape index (κ2) is 10.5. The number of alkyl halides is 3. The Hall–Kier alpha value is -3.22. The van der Waals surface area contributed by atoms with Crippen molar-refractivity contribution in [1.29, 1.82) is 0 Å². The van der Waals surface area contributed by atoms with Crippen LogP contribution >= 0.6 is 34.8 Å². The van der Waals surface area contributed by atoms with Gasteiger partial charge in [-0.1, -0.05) is 58.2 Å². The van der Waals surface area contributed by atoms with Crippen molar-refractivity contribution in [2.75, 3.05) is 0 Å². The van der Waals surface area contributed by atoms with E-state index in [-0.39, 0.29) is 38.6 Å². The maximum atomic E-state index is 14.5. The van der Waals surface area contributed by atoms with Gasteiger partial charge in [0.15, 0.2) is 0 Å². The number of hydrogen-bond acceptors (Lipinski definition) is 5. The third kappa shape index (κ3) is 4.97. The summed E-state index contributed by atoms with van der Waals surface area (Å²) >= 11 is 18.1. The van der Waals surface area contributed by atoms with Gasteiger partial charge in [-0.2, -0.15) is 13.2 Å². The number of carbonyl (C=O) groups is 1. The number of amides is 1. The molecule has 0 fully saturated rings. The van der Waals surface area contributed by atoms with Crippen LogP contribution in [0.3, 0.4) is 0 Å². The summed E-state index contributed by atoms with van der Waals surface area (Å²) in [7, 11) is -1.06. The molecule has 0 spiro atoms. The predicted octanol–water partition coefficient (Wildman–Crippen LogP) is 6.36. The molecule has 222 valence electrons. The fraction of sp³-hybridized carbons (Fsp3) is 0.241. The minimum atomic E-state index is -4.88. The highest BCUT2D eigenvalue weighted by Gasteiger charge is 2.62. The van der Waals surface area contributed by atoms with Gasteiger partial charge >= 0.3 is 13.3 Å². The van der Waals surface area contributed by atoms with Crippen LogP contribution in [0.5, 0.6) is 0 Å². The summed E-state index contributed by atoms with van der Waals surface area (Å²) in [5.41, 5.74) is -0.433. The number of nitrogens with one attached hydrogen (secondary N) is 1. The molecule has 0 bridgehead atoms. The molecule has 0 saturated carbocycles. The van der Waals surface area contributed by atoms with Gasteiger partial charge in [0.1, 0.15) is 5.69 Å². The molecule has 2 N–H and O–H groups in total. The zero-order valence-corrected chi connectivity index (χ0v) is 24.9. The standard InChI is InChI=1S/C29H22BCl3F3N3O4/c1-27(2)18-7-5-15(10-19(18)30(41)42-27)14-37-26(40)24-8-6-17(23-4-3-9-39(23)24)22-13-28(43-38-22,29(34,35)36)16-11-20(31)25(33)21(32)12-16/h3-12,41H,13-14H2,1-2H3,(H,37,40)/t28-/m0/s1. The van der Waals surface area contributed by atoms with Gasteiger partial charge < -0.3 is 24.2 Å². The first-order valence-electron chi connectivity index (χ1n) is 13.1. The number of rotatable bonds is 5. The zero-order chi connectivity index (χ0) is 30.9. The first kappa shape index (κ1) is 29.8. The van der Waals surface area contributed by atoms with Gasteiger partial charge in [-0.3, -0.25) is 4.79 Å². The van der Waals surface area contributed by atoms with Crippen LogP contribution in [-0.4, -0.2) is 34.3 Å². The number of nitrogens with zero attached hydrogens (tertiary/aromatic N) is 2. The number of benzene rings is 2. The molecule has 4 aromatic rings. The summed E-state index contributed by atoms with van der Waals surface area (Å²) in [5, 5.41) is 16.6. The quantitative estimate of drug-likeness (QED) is 0.195. The summed E-state index contributed by atoms with van der Waals surface area (Å²) in [6.45, 7) is 3.90. The van der Waals surface area contributed by atoms with Crippen molar-refractivity contribution in [3.8, 4) is 0 Å². The molecule has 0 saturated heterocycles. The molecule has 14 heteroatoms. The highest BCUT2D eigenvalue weighted by molar-refractivity contribution is 6.62. The number of oxime groups is 1. The summed E-state index contributed by atoms with van der Waals surface area (Å²) < 4.78 is 50.8. The lowest BCUT2D eigenvalue weighted by molar-refractivity contribution is -0.275. The molecule has 7 nitrogen and oxygen atoms in total. The van der Waals surface area contributed by atoms with E-state index in [0.29, 0.717) is 16.5 Å². The molecule has 1 amide bonds. The Kier molecular flexibility index (Phi) is 7.25. The van der Waals surface area contributed by atoms with E-state index < -0.39 is 36.8 Å². The Balaban J connectivity index is 1.26. The second-order valence-electron chi connectivity index (χ2n) is 10.9.